The van der Waals surface area contributed by atoms with Gasteiger partial charge >= 0.3 is 0 Å². The molecule has 72 valence electrons. The molecule has 0 bridgehead atoms. The third-order valence-corrected chi connectivity index (χ3v) is 1.68. The molecule has 4 heteroatoms. The smallest absolute Gasteiger partial charge is 0.234 e. The number of furan rings is 1. The molecule has 0 fully saturated rings. The van der Waals surface area contributed by atoms with Crippen LogP contribution in [0.2, 0.25) is 0 Å². The Morgan fingerprint density at radius 2 is 2.46 bits per heavy atom. The second kappa shape index (κ2) is 4.67. The SMILES string of the molecule is CNCC(=O)N[C@H](C)c1ccco1. The standard InChI is InChI=1S/C9H14N2O2/c1-7(8-4-3-5-13-8)11-9(12)6-10-2/h3-5,7,10H,6H2,1-2H3,(H,11,12)/t7-/m1/s1. The van der Waals surface area contributed by atoms with E-state index in [1.54, 1.807) is 19.4 Å². The van der Waals surface area contributed by atoms with Crippen molar-refractivity contribution in [2.24, 2.45) is 0 Å². The largest absolute Gasteiger partial charge is 0.467 e. The maximum absolute atomic E-state index is 11.1. The van der Waals surface area contributed by atoms with E-state index in [0.29, 0.717) is 6.54 Å². The zero-order valence-corrected chi connectivity index (χ0v) is 7.83. The highest BCUT2D eigenvalue weighted by molar-refractivity contribution is 5.78. The van der Waals surface area contributed by atoms with Crippen molar-refractivity contribution in [2.75, 3.05) is 13.6 Å². The first kappa shape index (κ1) is 9.80. The molecule has 0 saturated carbocycles. The van der Waals surface area contributed by atoms with Crippen LogP contribution in [-0.4, -0.2) is 19.5 Å². The fourth-order valence-electron chi connectivity index (χ4n) is 1.06. The zero-order chi connectivity index (χ0) is 9.68. The average Bonchev–Trinajstić information content (AvgIpc) is 2.55. The number of hydrogen-bond donors (Lipinski definition) is 2. The van der Waals surface area contributed by atoms with E-state index in [1.807, 2.05) is 13.0 Å². The topological polar surface area (TPSA) is 54.3 Å². The van der Waals surface area contributed by atoms with E-state index in [0.717, 1.165) is 5.76 Å². The van der Waals surface area contributed by atoms with Gasteiger partial charge in [0, 0.05) is 0 Å². The Kier molecular flexibility index (Phi) is 3.52. The molecule has 1 atom stereocenters. The summed E-state index contributed by atoms with van der Waals surface area (Å²) in [7, 11) is 1.73. The van der Waals surface area contributed by atoms with Crippen molar-refractivity contribution >= 4 is 5.91 Å². The molecule has 1 amide bonds. The molecule has 0 aliphatic carbocycles. The van der Waals surface area contributed by atoms with Gasteiger partial charge in [-0.05, 0) is 26.1 Å². The Hall–Kier alpha value is -1.29. The van der Waals surface area contributed by atoms with E-state index >= 15 is 0 Å². The summed E-state index contributed by atoms with van der Waals surface area (Å²) < 4.78 is 5.14. The van der Waals surface area contributed by atoms with Crippen molar-refractivity contribution in [1.29, 1.82) is 0 Å². The van der Waals surface area contributed by atoms with Gasteiger partial charge in [0.25, 0.3) is 0 Å². The first-order valence-electron chi connectivity index (χ1n) is 4.21. The van der Waals surface area contributed by atoms with Crippen LogP contribution in [0.3, 0.4) is 0 Å². The lowest BCUT2D eigenvalue weighted by atomic mass is 10.2. The lowest BCUT2D eigenvalue weighted by Gasteiger charge is -2.10. The van der Waals surface area contributed by atoms with Crippen molar-refractivity contribution in [1.82, 2.24) is 10.6 Å². The Labute approximate surface area is 77.3 Å². The van der Waals surface area contributed by atoms with Crippen molar-refractivity contribution in [2.45, 2.75) is 13.0 Å². The zero-order valence-electron chi connectivity index (χ0n) is 7.83. The number of hydrogen-bond acceptors (Lipinski definition) is 3. The van der Waals surface area contributed by atoms with Gasteiger partial charge in [-0.3, -0.25) is 4.79 Å². The number of carbonyl (C=O) groups is 1. The van der Waals surface area contributed by atoms with Crippen molar-refractivity contribution in [3.63, 3.8) is 0 Å². The molecule has 0 saturated heterocycles. The first-order chi connectivity index (χ1) is 6.24. The highest BCUT2D eigenvalue weighted by Gasteiger charge is 2.10. The van der Waals surface area contributed by atoms with Crippen molar-refractivity contribution in [3.8, 4) is 0 Å². The van der Waals surface area contributed by atoms with Crippen LogP contribution in [0, 0.1) is 0 Å². The average molecular weight is 182 g/mol. The number of likely N-dealkylation sites (N-methyl/N-ethyl adjacent to an activating group) is 1. The Bertz CT molecular complexity index is 257. The fraction of sp³-hybridized carbons (Fsp3) is 0.444. The molecule has 0 aliphatic rings. The monoisotopic (exact) mass is 182 g/mol. The maximum atomic E-state index is 11.1. The molecule has 1 heterocycles. The predicted molar refractivity (Wildman–Crippen MR) is 49.2 cm³/mol. The van der Waals surface area contributed by atoms with Gasteiger partial charge < -0.3 is 15.1 Å². The van der Waals surface area contributed by atoms with Gasteiger partial charge in [-0.1, -0.05) is 0 Å². The van der Waals surface area contributed by atoms with Crippen molar-refractivity contribution in [3.05, 3.63) is 24.2 Å². The summed E-state index contributed by atoms with van der Waals surface area (Å²) in [4.78, 5) is 11.1. The second-order valence-corrected chi connectivity index (χ2v) is 2.83. The van der Waals surface area contributed by atoms with Crippen LogP contribution in [0.5, 0.6) is 0 Å². The molecule has 0 unspecified atom stereocenters. The highest BCUT2D eigenvalue weighted by atomic mass is 16.3. The fourth-order valence-corrected chi connectivity index (χ4v) is 1.06. The van der Waals surface area contributed by atoms with E-state index in [4.69, 9.17) is 4.42 Å². The normalized spacial score (nSPS) is 12.5. The molecule has 0 aliphatic heterocycles. The minimum absolute atomic E-state index is 0.0357. The predicted octanol–water partition coefficient (Wildman–Crippen LogP) is 0.676. The molecule has 0 radical (unpaired) electrons. The second-order valence-electron chi connectivity index (χ2n) is 2.83. The number of amides is 1. The summed E-state index contributed by atoms with van der Waals surface area (Å²) in [5.41, 5.74) is 0. The summed E-state index contributed by atoms with van der Waals surface area (Å²) in [5, 5.41) is 5.56. The van der Waals surface area contributed by atoms with Crippen LogP contribution in [0.4, 0.5) is 0 Å². The van der Waals surface area contributed by atoms with Gasteiger partial charge in [0.2, 0.25) is 5.91 Å². The number of carbonyl (C=O) groups excluding carboxylic acids is 1. The first-order valence-corrected chi connectivity index (χ1v) is 4.21. The molecular weight excluding hydrogens is 168 g/mol. The number of rotatable bonds is 4. The van der Waals surface area contributed by atoms with E-state index in [9.17, 15) is 4.79 Å². The lowest BCUT2D eigenvalue weighted by molar-refractivity contribution is -0.120. The lowest BCUT2D eigenvalue weighted by Crippen LogP contribution is -2.33. The van der Waals surface area contributed by atoms with Gasteiger partial charge in [0.1, 0.15) is 5.76 Å². The summed E-state index contributed by atoms with van der Waals surface area (Å²) in [5.74, 6) is 0.732. The van der Waals surface area contributed by atoms with Gasteiger partial charge in [0.15, 0.2) is 0 Å². The molecule has 0 spiro atoms. The maximum Gasteiger partial charge on any atom is 0.234 e. The van der Waals surface area contributed by atoms with Crippen LogP contribution in [0.25, 0.3) is 0 Å². The van der Waals surface area contributed by atoms with Gasteiger partial charge in [-0.25, -0.2) is 0 Å². The molecule has 1 rings (SSSR count). The van der Waals surface area contributed by atoms with Crippen molar-refractivity contribution < 1.29 is 9.21 Å². The van der Waals surface area contributed by atoms with Gasteiger partial charge in [-0.15, -0.1) is 0 Å². The van der Waals surface area contributed by atoms with Crippen LogP contribution >= 0.6 is 0 Å². The molecule has 1 aromatic rings. The molecule has 13 heavy (non-hydrogen) atoms. The minimum atomic E-state index is -0.0733. The summed E-state index contributed by atoms with van der Waals surface area (Å²) >= 11 is 0. The molecule has 0 aromatic carbocycles. The third-order valence-electron chi connectivity index (χ3n) is 1.68. The Morgan fingerprint density at radius 1 is 1.69 bits per heavy atom. The molecule has 4 nitrogen and oxygen atoms in total. The minimum Gasteiger partial charge on any atom is -0.467 e. The quantitative estimate of drug-likeness (QED) is 0.719. The van der Waals surface area contributed by atoms with E-state index in [-0.39, 0.29) is 11.9 Å². The van der Waals surface area contributed by atoms with Crippen LogP contribution < -0.4 is 10.6 Å². The summed E-state index contributed by atoms with van der Waals surface area (Å²) in [6, 6.07) is 3.57. The van der Waals surface area contributed by atoms with Crippen LogP contribution in [-0.2, 0) is 4.79 Å². The van der Waals surface area contributed by atoms with Gasteiger partial charge in [0.05, 0.1) is 18.8 Å². The Morgan fingerprint density at radius 3 is 3.00 bits per heavy atom. The highest BCUT2D eigenvalue weighted by Crippen LogP contribution is 2.11. The van der Waals surface area contributed by atoms with E-state index in [1.165, 1.54) is 0 Å². The number of nitrogens with one attached hydrogen (secondary N) is 2. The van der Waals surface area contributed by atoms with Crippen LogP contribution in [0.15, 0.2) is 22.8 Å². The molecular formula is C9H14N2O2. The molecule has 2 N–H and O–H groups in total. The summed E-state index contributed by atoms with van der Waals surface area (Å²) in [6.45, 7) is 2.21. The van der Waals surface area contributed by atoms with E-state index in [2.05, 4.69) is 10.6 Å². The third kappa shape index (κ3) is 2.91. The Balaban J connectivity index is 2.42. The summed E-state index contributed by atoms with van der Waals surface area (Å²) in [6.07, 6.45) is 1.59. The van der Waals surface area contributed by atoms with Gasteiger partial charge in [-0.2, -0.15) is 0 Å². The van der Waals surface area contributed by atoms with E-state index < -0.39 is 0 Å². The molecule has 1 aromatic heterocycles. The van der Waals surface area contributed by atoms with Crippen LogP contribution in [0.1, 0.15) is 18.7 Å².